The van der Waals surface area contributed by atoms with Crippen LogP contribution in [0.1, 0.15) is 43.0 Å². The normalized spacial score (nSPS) is 17.3. The Bertz CT molecular complexity index is 1190. The van der Waals surface area contributed by atoms with Crippen LogP contribution >= 0.6 is 0 Å². The average molecular weight is 496 g/mol. The Kier molecular flexibility index (Phi) is 8.47. The first-order valence-corrected chi connectivity index (χ1v) is 12.0. The minimum atomic E-state index is -0.994. The minimum Gasteiger partial charge on any atom is -0.872 e. The molecule has 0 radical (unpaired) electrons. The summed E-state index contributed by atoms with van der Waals surface area (Å²) in [6, 6.07) is 9.68. The lowest BCUT2D eigenvalue weighted by Crippen LogP contribution is -3.05. The van der Waals surface area contributed by atoms with Gasteiger partial charge in [-0.1, -0.05) is 37.8 Å². The number of benzene rings is 2. The van der Waals surface area contributed by atoms with Gasteiger partial charge in [0, 0.05) is 30.7 Å². The van der Waals surface area contributed by atoms with Gasteiger partial charge in [0.05, 0.1) is 38.2 Å². The van der Waals surface area contributed by atoms with Crippen molar-refractivity contribution in [2.75, 3.05) is 33.8 Å². The molecule has 36 heavy (non-hydrogen) atoms. The fourth-order valence-corrected chi connectivity index (χ4v) is 4.22. The first-order chi connectivity index (χ1) is 17.0. The summed E-state index contributed by atoms with van der Waals surface area (Å²) in [6.45, 7) is 7.41. The monoisotopic (exact) mass is 495 g/mol. The lowest BCUT2D eigenvalue weighted by Gasteiger charge is -2.27. The van der Waals surface area contributed by atoms with E-state index in [-0.39, 0.29) is 23.4 Å². The zero-order valence-corrected chi connectivity index (χ0v) is 21.4. The number of carbonyl (C=O) groups is 2. The zero-order valence-electron chi connectivity index (χ0n) is 21.4. The molecule has 2 aromatic carbocycles. The van der Waals surface area contributed by atoms with E-state index in [2.05, 4.69) is 0 Å². The number of Topliss-reactive ketones (excluding diaryl/α,β-unsaturated/α-hetero) is 1. The molecule has 1 aliphatic heterocycles. The predicted octanol–water partition coefficient (Wildman–Crippen LogP) is 1.70. The van der Waals surface area contributed by atoms with Crippen LogP contribution in [-0.4, -0.2) is 55.3 Å². The maximum absolute atomic E-state index is 13.6. The van der Waals surface area contributed by atoms with Crippen LogP contribution in [0.2, 0.25) is 0 Å². The molecule has 3 rings (SSSR count). The van der Waals surface area contributed by atoms with Crippen LogP contribution in [0.15, 0.2) is 48.0 Å². The van der Waals surface area contributed by atoms with Crippen LogP contribution in [0.3, 0.4) is 0 Å². The van der Waals surface area contributed by atoms with E-state index in [9.17, 15) is 24.8 Å². The second-order valence-corrected chi connectivity index (χ2v) is 9.82. The van der Waals surface area contributed by atoms with Crippen molar-refractivity contribution in [1.29, 1.82) is 0 Å². The SMILES string of the molecule is Cc1cc(/C([O-])=C2\C(=O)C(=O)N(CCC[NH+](C)C)C2c2cccc([N+](=O)[O-])c2)ccc1OCC(C)C. The standard InChI is InChI=1S/C27H33N3O6/c1-17(2)16-36-22-11-10-20(14-18(22)3)25(31)23-24(19-8-6-9-21(15-19)30(34)35)29(27(33)26(23)32)13-7-12-28(4)5/h6,8-11,14-15,17,24,31H,7,12-13,16H2,1-5H3/b25-23+. The van der Waals surface area contributed by atoms with E-state index >= 15 is 0 Å². The molecule has 1 aliphatic rings. The average Bonchev–Trinajstić information content (AvgIpc) is 3.07. The Morgan fingerprint density at radius 2 is 1.89 bits per heavy atom. The van der Waals surface area contributed by atoms with Gasteiger partial charge in [0.15, 0.2) is 0 Å². The molecular weight excluding hydrogens is 462 g/mol. The molecule has 1 fully saturated rings. The molecule has 9 nitrogen and oxygen atoms in total. The second kappa shape index (κ2) is 11.3. The van der Waals surface area contributed by atoms with E-state index in [0.29, 0.717) is 30.3 Å². The van der Waals surface area contributed by atoms with E-state index in [4.69, 9.17) is 4.74 Å². The van der Waals surface area contributed by atoms with Gasteiger partial charge in [0.2, 0.25) is 5.78 Å². The Labute approximate surface area is 211 Å². The first-order valence-electron chi connectivity index (χ1n) is 12.0. The summed E-state index contributed by atoms with van der Waals surface area (Å²) in [7, 11) is 3.96. The molecule has 192 valence electrons. The minimum absolute atomic E-state index is 0.175. The number of non-ortho nitro benzene ring substituents is 1. The highest BCUT2D eigenvalue weighted by Gasteiger charge is 2.44. The smallest absolute Gasteiger partial charge is 0.295 e. The third-order valence-corrected chi connectivity index (χ3v) is 6.01. The number of ether oxygens (including phenoxy) is 1. The molecule has 2 aromatic rings. The number of nitro benzene ring substituents is 1. The zero-order chi connectivity index (χ0) is 26.6. The van der Waals surface area contributed by atoms with Gasteiger partial charge in [-0.05, 0) is 41.7 Å². The summed E-state index contributed by atoms with van der Waals surface area (Å²) in [5.41, 5.74) is 0.990. The maximum atomic E-state index is 13.6. The van der Waals surface area contributed by atoms with Crippen molar-refractivity contribution < 1.29 is 29.3 Å². The van der Waals surface area contributed by atoms with Crippen LogP contribution in [0.5, 0.6) is 5.75 Å². The molecule has 0 aliphatic carbocycles. The number of amides is 1. The van der Waals surface area contributed by atoms with Gasteiger partial charge in [-0.3, -0.25) is 19.7 Å². The number of carbonyl (C=O) groups excluding carboxylic acids is 2. The molecule has 0 saturated carbocycles. The van der Waals surface area contributed by atoms with Crippen LogP contribution in [0, 0.1) is 23.0 Å². The third-order valence-electron chi connectivity index (χ3n) is 6.01. The van der Waals surface area contributed by atoms with E-state index < -0.39 is 28.4 Å². The molecule has 1 heterocycles. The molecule has 1 N–H and O–H groups in total. The molecule has 1 amide bonds. The van der Waals surface area contributed by atoms with Gasteiger partial charge >= 0.3 is 0 Å². The van der Waals surface area contributed by atoms with Crippen LogP contribution in [0.4, 0.5) is 5.69 Å². The molecule has 1 atom stereocenters. The van der Waals surface area contributed by atoms with Crippen LogP contribution < -0.4 is 14.7 Å². The van der Waals surface area contributed by atoms with Crippen molar-refractivity contribution >= 4 is 23.1 Å². The number of hydrogen-bond donors (Lipinski definition) is 1. The summed E-state index contributed by atoms with van der Waals surface area (Å²) in [6.07, 6.45) is 0.606. The highest BCUT2D eigenvalue weighted by molar-refractivity contribution is 6.46. The Balaban J connectivity index is 2.09. The molecule has 1 unspecified atom stereocenters. The number of nitro groups is 1. The Hall–Kier alpha value is -3.72. The van der Waals surface area contributed by atoms with E-state index in [1.807, 2.05) is 34.9 Å². The van der Waals surface area contributed by atoms with Crippen molar-refractivity contribution in [1.82, 2.24) is 4.90 Å². The van der Waals surface area contributed by atoms with Gasteiger partial charge in [-0.15, -0.1) is 0 Å². The third kappa shape index (κ3) is 5.91. The fraction of sp³-hybridized carbons (Fsp3) is 0.407. The van der Waals surface area contributed by atoms with Gasteiger partial charge < -0.3 is 19.6 Å². The highest BCUT2D eigenvalue weighted by atomic mass is 16.6. The highest BCUT2D eigenvalue weighted by Crippen LogP contribution is 2.40. The summed E-state index contributed by atoms with van der Waals surface area (Å²) in [5.74, 6) is -1.23. The predicted molar refractivity (Wildman–Crippen MR) is 133 cm³/mol. The number of rotatable bonds is 10. The van der Waals surface area contributed by atoms with E-state index in [0.717, 1.165) is 12.1 Å². The van der Waals surface area contributed by atoms with Gasteiger partial charge in [-0.25, -0.2) is 0 Å². The number of likely N-dealkylation sites (tertiary alicyclic amines) is 1. The van der Waals surface area contributed by atoms with E-state index in [1.165, 1.54) is 28.0 Å². The number of hydrogen-bond acceptors (Lipinski definition) is 6. The van der Waals surface area contributed by atoms with E-state index in [1.54, 1.807) is 24.3 Å². The molecule has 0 aromatic heterocycles. The number of quaternary nitrogens is 1. The van der Waals surface area contributed by atoms with Crippen molar-refractivity contribution in [2.45, 2.75) is 33.2 Å². The van der Waals surface area contributed by atoms with Crippen molar-refractivity contribution in [2.24, 2.45) is 5.92 Å². The van der Waals surface area contributed by atoms with Crippen molar-refractivity contribution in [3.63, 3.8) is 0 Å². The fourth-order valence-electron chi connectivity index (χ4n) is 4.22. The van der Waals surface area contributed by atoms with Gasteiger partial charge in [0.1, 0.15) is 5.75 Å². The van der Waals surface area contributed by atoms with Crippen LogP contribution in [0.25, 0.3) is 5.76 Å². The van der Waals surface area contributed by atoms with Crippen LogP contribution in [-0.2, 0) is 9.59 Å². The number of nitrogens with zero attached hydrogens (tertiary/aromatic N) is 2. The first kappa shape index (κ1) is 26.9. The summed E-state index contributed by atoms with van der Waals surface area (Å²) in [4.78, 5) is 39.6. The maximum Gasteiger partial charge on any atom is 0.295 e. The largest absolute Gasteiger partial charge is 0.872 e. The quantitative estimate of drug-likeness (QED) is 0.176. The molecule has 1 saturated heterocycles. The Morgan fingerprint density at radius 3 is 2.50 bits per heavy atom. The summed E-state index contributed by atoms with van der Waals surface area (Å²) < 4.78 is 5.79. The summed E-state index contributed by atoms with van der Waals surface area (Å²) >= 11 is 0. The number of ketones is 1. The van der Waals surface area contributed by atoms with Gasteiger partial charge in [0.25, 0.3) is 11.6 Å². The second-order valence-electron chi connectivity index (χ2n) is 9.82. The van der Waals surface area contributed by atoms with Crippen molar-refractivity contribution in [3.8, 4) is 5.75 Å². The number of nitrogens with one attached hydrogen (secondary N) is 1. The number of aryl methyl sites for hydroxylation is 1. The summed E-state index contributed by atoms with van der Waals surface area (Å²) in [5, 5.41) is 25.0. The molecule has 9 heteroatoms. The van der Waals surface area contributed by atoms with Crippen molar-refractivity contribution in [3.05, 3.63) is 74.8 Å². The lowest BCUT2D eigenvalue weighted by atomic mass is 9.94. The molecular formula is C27H33N3O6. The Morgan fingerprint density at radius 1 is 1.17 bits per heavy atom. The molecule has 0 bridgehead atoms. The van der Waals surface area contributed by atoms with Gasteiger partial charge in [-0.2, -0.15) is 0 Å². The topological polar surface area (TPSA) is 117 Å². The lowest BCUT2D eigenvalue weighted by molar-refractivity contribution is -0.858. The molecule has 0 spiro atoms.